The van der Waals surface area contributed by atoms with E-state index < -0.39 is 17.8 Å². The van der Waals surface area contributed by atoms with E-state index in [-0.39, 0.29) is 18.0 Å². The molecule has 0 saturated carbocycles. The molecule has 33 heavy (non-hydrogen) atoms. The Morgan fingerprint density at radius 2 is 1.85 bits per heavy atom. The SMILES string of the molecule is Cc1c(Cl)cccc1NC(=O)CN1C(=O)C(C)N=C(c2ccccc2F)c2cc(Cl)ccc21. The molecule has 1 heterocycles. The van der Waals surface area contributed by atoms with Gasteiger partial charge in [-0.2, -0.15) is 0 Å². The van der Waals surface area contributed by atoms with Crippen LogP contribution in [0, 0.1) is 12.7 Å². The van der Waals surface area contributed by atoms with E-state index in [0.717, 1.165) is 5.56 Å². The Balaban J connectivity index is 1.74. The number of carbonyl (C=O) groups is 2. The summed E-state index contributed by atoms with van der Waals surface area (Å²) < 4.78 is 14.7. The van der Waals surface area contributed by atoms with Gasteiger partial charge in [-0.05, 0) is 61.9 Å². The number of nitrogens with zero attached hydrogens (tertiary/aromatic N) is 2. The molecule has 0 radical (unpaired) electrons. The first kappa shape index (κ1) is 23.0. The molecule has 0 aliphatic carbocycles. The molecule has 2 amide bonds. The number of hydrogen-bond acceptors (Lipinski definition) is 3. The molecule has 3 aromatic carbocycles. The molecule has 0 fully saturated rings. The van der Waals surface area contributed by atoms with Gasteiger partial charge >= 0.3 is 0 Å². The average molecular weight is 484 g/mol. The minimum absolute atomic E-state index is 0.251. The van der Waals surface area contributed by atoms with E-state index in [1.165, 1.54) is 11.0 Å². The molecule has 4 rings (SSSR count). The highest BCUT2D eigenvalue weighted by Gasteiger charge is 2.32. The lowest BCUT2D eigenvalue weighted by Crippen LogP contribution is -2.42. The fourth-order valence-corrected chi connectivity index (χ4v) is 4.05. The van der Waals surface area contributed by atoms with Gasteiger partial charge in [0.25, 0.3) is 5.91 Å². The number of halogens is 3. The zero-order valence-electron chi connectivity index (χ0n) is 17.9. The van der Waals surface area contributed by atoms with E-state index in [9.17, 15) is 14.0 Å². The highest BCUT2D eigenvalue weighted by atomic mass is 35.5. The van der Waals surface area contributed by atoms with Gasteiger partial charge in [0.1, 0.15) is 18.4 Å². The van der Waals surface area contributed by atoms with Crippen LogP contribution in [-0.2, 0) is 9.59 Å². The van der Waals surface area contributed by atoms with Gasteiger partial charge in [-0.25, -0.2) is 4.39 Å². The molecule has 5 nitrogen and oxygen atoms in total. The molecule has 8 heteroatoms. The normalized spacial score (nSPS) is 15.5. The molecule has 1 unspecified atom stereocenters. The number of aliphatic imine (C=N–C) groups is 1. The van der Waals surface area contributed by atoms with E-state index in [4.69, 9.17) is 23.2 Å². The average Bonchev–Trinajstić information content (AvgIpc) is 2.87. The Hall–Kier alpha value is -3.22. The second-order valence-electron chi connectivity index (χ2n) is 7.68. The summed E-state index contributed by atoms with van der Waals surface area (Å²) in [5, 5.41) is 3.73. The second-order valence-corrected chi connectivity index (χ2v) is 8.52. The molecular weight excluding hydrogens is 464 g/mol. The summed E-state index contributed by atoms with van der Waals surface area (Å²) in [5.74, 6) is -1.26. The van der Waals surface area contributed by atoms with Crippen LogP contribution in [0.25, 0.3) is 0 Å². The molecule has 1 atom stereocenters. The molecular formula is C25H20Cl2FN3O2. The highest BCUT2D eigenvalue weighted by Crippen LogP contribution is 2.32. The van der Waals surface area contributed by atoms with Gasteiger partial charge in [-0.15, -0.1) is 0 Å². The first-order valence-electron chi connectivity index (χ1n) is 10.2. The van der Waals surface area contributed by atoms with E-state index in [1.54, 1.807) is 68.4 Å². The predicted octanol–water partition coefficient (Wildman–Crippen LogP) is 5.65. The van der Waals surface area contributed by atoms with Crippen LogP contribution in [-0.4, -0.2) is 30.1 Å². The maximum Gasteiger partial charge on any atom is 0.252 e. The maximum absolute atomic E-state index is 14.7. The summed E-state index contributed by atoms with van der Waals surface area (Å²) in [7, 11) is 0. The first-order valence-corrected chi connectivity index (χ1v) is 11.0. The number of anilines is 2. The van der Waals surface area contributed by atoms with Crippen LogP contribution < -0.4 is 10.2 Å². The lowest BCUT2D eigenvalue weighted by Gasteiger charge is -2.24. The quantitative estimate of drug-likeness (QED) is 0.520. The smallest absolute Gasteiger partial charge is 0.252 e. The molecule has 1 N–H and O–H groups in total. The van der Waals surface area contributed by atoms with Crippen molar-refractivity contribution in [1.29, 1.82) is 0 Å². The Morgan fingerprint density at radius 3 is 2.61 bits per heavy atom. The van der Waals surface area contributed by atoms with Crippen LogP contribution in [0.15, 0.2) is 65.7 Å². The molecule has 0 spiro atoms. The monoisotopic (exact) mass is 483 g/mol. The van der Waals surface area contributed by atoms with Crippen LogP contribution in [0.3, 0.4) is 0 Å². The zero-order valence-corrected chi connectivity index (χ0v) is 19.4. The summed E-state index contributed by atoms with van der Waals surface area (Å²) in [6, 6.07) is 15.4. The summed E-state index contributed by atoms with van der Waals surface area (Å²) in [6.07, 6.45) is 0. The predicted molar refractivity (Wildman–Crippen MR) is 130 cm³/mol. The number of carbonyl (C=O) groups excluding carboxylic acids is 2. The van der Waals surface area contributed by atoms with E-state index in [2.05, 4.69) is 10.3 Å². The lowest BCUT2D eigenvalue weighted by atomic mass is 9.99. The van der Waals surface area contributed by atoms with Crippen LogP contribution in [0.2, 0.25) is 10.0 Å². The molecule has 1 aliphatic rings. The summed E-state index contributed by atoms with van der Waals surface area (Å²) in [6.45, 7) is 3.15. The molecule has 3 aromatic rings. The fourth-order valence-electron chi connectivity index (χ4n) is 3.70. The van der Waals surface area contributed by atoms with Crippen molar-refractivity contribution in [2.45, 2.75) is 19.9 Å². The minimum Gasteiger partial charge on any atom is -0.324 e. The van der Waals surface area contributed by atoms with Crippen molar-refractivity contribution in [3.63, 3.8) is 0 Å². The molecule has 0 bridgehead atoms. The van der Waals surface area contributed by atoms with Crippen molar-refractivity contribution in [3.05, 3.63) is 93.2 Å². The standard InChI is InChI=1S/C25H20Cl2FN3O2/c1-14-19(27)7-5-9-21(14)30-23(32)13-31-22-11-10-16(26)12-18(22)24(29-15(2)25(31)33)17-6-3-4-8-20(17)28/h3-12,15H,13H2,1-2H3,(H,30,32). The Bertz CT molecular complexity index is 1290. The third-order valence-corrected chi connectivity index (χ3v) is 6.07. The van der Waals surface area contributed by atoms with Crippen molar-refractivity contribution >= 4 is 52.1 Å². The van der Waals surface area contributed by atoms with Crippen molar-refractivity contribution in [2.24, 2.45) is 4.99 Å². The Kier molecular flexibility index (Phi) is 6.49. The van der Waals surface area contributed by atoms with Gasteiger partial charge < -0.3 is 10.2 Å². The molecule has 168 valence electrons. The number of benzodiazepines with no additional fused rings is 1. The maximum atomic E-state index is 14.7. The second kappa shape index (κ2) is 9.33. The van der Waals surface area contributed by atoms with Crippen molar-refractivity contribution < 1.29 is 14.0 Å². The summed E-state index contributed by atoms with van der Waals surface area (Å²) >= 11 is 12.4. The van der Waals surface area contributed by atoms with E-state index >= 15 is 0 Å². The lowest BCUT2D eigenvalue weighted by molar-refractivity contribution is -0.122. The minimum atomic E-state index is -0.841. The van der Waals surface area contributed by atoms with Crippen LogP contribution in [0.4, 0.5) is 15.8 Å². The van der Waals surface area contributed by atoms with Gasteiger partial charge in [0.05, 0.1) is 11.4 Å². The van der Waals surface area contributed by atoms with Gasteiger partial charge in [0, 0.05) is 26.9 Å². The van der Waals surface area contributed by atoms with Crippen molar-refractivity contribution in [2.75, 3.05) is 16.8 Å². The van der Waals surface area contributed by atoms with Crippen LogP contribution in [0.5, 0.6) is 0 Å². The zero-order chi connectivity index (χ0) is 23.7. The highest BCUT2D eigenvalue weighted by molar-refractivity contribution is 6.32. The number of rotatable bonds is 4. The van der Waals surface area contributed by atoms with Crippen molar-refractivity contribution in [1.82, 2.24) is 0 Å². The van der Waals surface area contributed by atoms with E-state index in [1.807, 2.05) is 0 Å². The van der Waals surface area contributed by atoms with Crippen molar-refractivity contribution in [3.8, 4) is 0 Å². The Morgan fingerprint density at radius 1 is 1.09 bits per heavy atom. The molecule has 0 aromatic heterocycles. The van der Waals surface area contributed by atoms with Crippen LogP contribution >= 0.6 is 23.2 Å². The van der Waals surface area contributed by atoms with E-state index in [0.29, 0.717) is 32.7 Å². The van der Waals surface area contributed by atoms with Gasteiger partial charge in [0.15, 0.2) is 0 Å². The summed E-state index contributed by atoms with van der Waals surface area (Å²) in [4.78, 5) is 32.0. The third-order valence-electron chi connectivity index (χ3n) is 5.42. The van der Waals surface area contributed by atoms with Gasteiger partial charge in [0.2, 0.25) is 5.91 Å². The fraction of sp³-hybridized carbons (Fsp3) is 0.160. The number of benzene rings is 3. The molecule has 1 aliphatic heterocycles. The van der Waals surface area contributed by atoms with Gasteiger partial charge in [-0.1, -0.05) is 41.4 Å². The Labute approximate surface area is 200 Å². The number of nitrogens with one attached hydrogen (secondary N) is 1. The number of amides is 2. The largest absolute Gasteiger partial charge is 0.324 e. The topological polar surface area (TPSA) is 61.8 Å². The third kappa shape index (κ3) is 4.63. The van der Waals surface area contributed by atoms with Gasteiger partial charge in [-0.3, -0.25) is 14.6 Å². The van der Waals surface area contributed by atoms with Crippen LogP contribution in [0.1, 0.15) is 23.6 Å². The number of hydrogen-bond donors (Lipinski definition) is 1. The first-order chi connectivity index (χ1) is 15.8. The molecule has 0 saturated heterocycles. The number of fused-ring (bicyclic) bond motifs is 1. The summed E-state index contributed by atoms with van der Waals surface area (Å²) in [5.41, 5.74) is 2.73.